The van der Waals surface area contributed by atoms with E-state index in [2.05, 4.69) is 36.4 Å². The number of nitrogens with one attached hydrogen (secondary N) is 2. The van der Waals surface area contributed by atoms with Crippen LogP contribution in [0.3, 0.4) is 0 Å². The second-order valence-electron chi connectivity index (χ2n) is 5.90. The molecule has 2 rings (SSSR count). The number of carbonyl (C=O) groups excluding carboxylic acids is 1. The molecule has 0 aliphatic heterocycles. The Hall–Kier alpha value is -2.04. The number of urea groups is 1. The highest BCUT2D eigenvalue weighted by Gasteiger charge is 2.13. The fraction of sp³-hybridized carbons (Fsp3) is 0.429. The van der Waals surface area contributed by atoms with Crippen molar-refractivity contribution in [1.29, 1.82) is 0 Å². The summed E-state index contributed by atoms with van der Waals surface area (Å²) in [4.78, 5) is 16.2. The third-order valence-electron chi connectivity index (χ3n) is 2.63. The van der Waals surface area contributed by atoms with Crippen molar-refractivity contribution in [1.82, 2.24) is 14.7 Å². The second kappa shape index (κ2) is 4.91. The minimum atomic E-state index is -0.205. The van der Waals surface area contributed by atoms with E-state index in [1.807, 2.05) is 35.9 Å². The lowest BCUT2D eigenvalue weighted by Crippen LogP contribution is -2.35. The average molecular weight is 260 g/mol. The molecule has 0 fully saturated rings. The molecule has 102 valence electrons. The normalized spacial score (nSPS) is 11.6. The van der Waals surface area contributed by atoms with E-state index < -0.39 is 0 Å². The lowest BCUT2D eigenvalue weighted by atomic mass is 9.97. The SMILES string of the molecule is Cc1cn2cccc(NC(=O)NCC(C)(C)C)c2n1. The molecule has 0 spiro atoms. The topological polar surface area (TPSA) is 58.4 Å². The van der Waals surface area contributed by atoms with Gasteiger partial charge >= 0.3 is 6.03 Å². The molecule has 0 saturated carbocycles. The lowest BCUT2D eigenvalue weighted by molar-refractivity contribution is 0.247. The first-order valence-electron chi connectivity index (χ1n) is 6.34. The summed E-state index contributed by atoms with van der Waals surface area (Å²) in [5.74, 6) is 0. The van der Waals surface area contributed by atoms with Gasteiger partial charge in [0, 0.05) is 18.9 Å². The number of pyridine rings is 1. The molecule has 0 aliphatic carbocycles. The molecule has 0 aliphatic rings. The zero-order valence-electron chi connectivity index (χ0n) is 11.8. The van der Waals surface area contributed by atoms with Gasteiger partial charge in [-0.1, -0.05) is 20.8 Å². The fourth-order valence-corrected chi connectivity index (χ4v) is 1.75. The summed E-state index contributed by atoms with van der Waals surface area (Å²) < 4.78 is 1.90. The van der Waals surface area contributed by atoms with Gasteiger partial charge in [0.05, 0.1) is 11.4 Å². The number of fused-ring (bicyclic) bond motifs is 1. The van der Waals surface area contributed by atoms with Gasteiger partial charge in [-0.05, 0) is 24.5 Å². The van der Waals surface area contributed by atoms with Crippen LogP contribution in [0.1, 0.15) is 26.5 Å². The zero-order valence-corrected chi connectivity index (χ0v) is 11.8. The van der Waals surface area contributed by atoms with Crippen molar-refractivity contribution in [3.05, 3.63) is 30.2 Å². The predicted molar refractivity (Wildman–Crippen MR) is 76.4 cm³/mol. The molecule has 0 saturated heterocycles. The molecule has 2 aromatic rings. The number of hydrogen-bond donors (Lipinski definition) is 2. The maximum atomic E-state index is 11.9. The minimum Gasteiger partial charge on any atom is -0.337 e. The summed E-state index contributed by atoms with van der Waals surface area (Å²) in [6.45, 7) is 8.77. The number of aryl methyl sites for hydroxylation is 1. The summed E-state index contributed by atoms with van der Waals surface area (Å²) in [5, 5.41) is 5.69. The summed E-state index contributed by atoms with van der Waals surface area (Å²) in [5.41, 5.74) is 2.45. The van der Waals surface area contributed by atoms with Crippen LogP contribution >= 0.6 is 0 Å². The largest absolute Gasteiger partial charge is 0.337 e. The van der Waals surface area contributed by atoms with Gasteiger partial charge < -0.3 is 15.0 Å². The van der Waals surface area contributed by atoms with E-state index in [0.717, 1.165) is 11.3 Å². The average Bonchev–Trinajstić information content (AvgIpc) is 2.67. The third kappa shape index (κ3) is 3.47. The lowest BCUT2D eigenvalue weighted by Gasteiger charge is -2.19. The molecular weight excluding hydrogens is 240 g/mol. The Morgan fingerprint density at radius 3 is 2.84 bits per heavy atom. The molecule has 2 N–H and O–H groups in total. The van der Waals surface area contributed by atoms with Gasteiger partial charge in [0.25, 0.3) is 0 Å². The Morgan fingerprint density at radius 2 is 2.16 bits per heavy atom. The van der Waals surface area contributed by atoms with E-state index >= 15 is 0 Å². The molecule has 5 nitrogen and oxygen atoms in total. The van der Waals surface area contributed by atoms with Crippen LogP contribution in [-0.4, -0.2) is 22.0 Å². The Kier molecular flexibility index (Phi) is 3.46. The smallest absolute Gasteiger partial charge is 0.319 e. The Morgan fingerprint density at radius 1 is 1.42 bits per heavy atom. The summed E-state index contributed by atoms with van der Waals surface area (Å²) >= 11 is 0. The fourth-order valence-electron chi connectivity index (χ4n) is 1.75. The van der Waals surface area contributed by atoms with Crippen molar-refractivity contribution in [3.8, 4) is 0 Å². The van der Waals surface area contributed by atoms with Crippen molar-refractivity contribution in [2.75, 3.05) is 11.9 Å². The predicted octanol–water partition coefficient (Wildman–Crippen LogP) is 2.81. The number of anilines is 1. The number of hydrogen-bond acceptors (Lipinski definition) is 2. The highest BCUT2D eigenvalue weighted by molar-refractivity contribution is 5.93. The summed E-state index contributed by atoms with van der Waals surface area (Å²) in [6, 6.07) is 3.52. The highest BCUT2D eigenvalue weighted by Crippen LogP contribution is 2.16. The van der Waals surface area contributed by atoms with Crippen molar-refractivity contribution < 1.29 is 4.79 Å². The summed E-state index contributed by atoms with van der Waals surface area (Å²) in [6.07, 6.45) is 3.83. The quantitative estimate of drug-likeness (QED) is 0.872. The van der Waals surface area contributed by atoms with E-state index in [4.69, 9.17) is 0 Å². The van der Waals surface area contributed by atoms with Crippen LogP contribution in [0.15, 0.2) is 24.5 Å². The molecule has 2 heterocycles. The van der Waals surface area contributed by atoms with Crippen LogP contribution in [-0.2, 0) is 0 Å². The number of aromatic nitrogens is 2. The third-order valence-corrected chi connectivity index (χ3v) is 2.63. The van der Waals surface area contributed by atoms with E-state index in [-0.39, 0.29) is 11.4 Å². The monoisotopic (exact) mass is 260 g/mol. The van der Waals surface area contributed by atoms with Crippen molar-refractivity contribution in [3.63, 3.8) is 0 Å². The van der Waals surface area contributed by atoms with E-state index in [0.29, 0.717) is 12.2 Å². The molecule has 0 radical (unpaired) electrons. The molecule has 0 bridgehead atoms. The van der Waals surface area contributed by atoms with Gasteiger partial charge in [-0.25, -0.2) is 9.78 Å². The van der Waals surface area contributed by atoms with Gasteiger partial charge in [-0.2, -0.15) is 0 Å². The van der Waals surface area contributed by atoms with Crippen LogP contribution in [0, 0.1) is 12.3 Å². The first-order chi connectivity index (χ1) is 8.85. The highest BCUT2D eigenvalue weighted by atomic mass is 16.2. The maximum Gasteiger partial charge on any atom is 0.319 e. The van der Waals surface area contributed by atoms with E-state index in [1.165, 1.54) is 0 Å². The number of carbonyl (C=O) groups is 1. The van der Waals surface area contributed by atoms with Crippen LogP contribution < -0.4 is 10.6 Å². The number of amides is 2. The maximum absolute atomic E-state index is 11.9. The molecule has 0 unspecified atom stereocenters. The van der Waals surface area contributed by atoms with E-state index in [9.17, 15) is 4.79 Å². The van der Waals surface area contributed by atoms with Gasteiger partial charge in [-0.3, -0.25) is 0 Å². The second-order valence-corrected chi connectivity index (χ2v) is 5.90. The van der Waals surface area contributed by atoms with Gasteiger partial charge in [0.1, 0.15) is 0 Å². The zero-order chi connectivity index (χ0) is 14.0. The molecule has 0 atom stereocenters. The van der Waals surface area contributed by atoms with Crippen molar-refractivity contribution in [2.24, 2.45) is 5.41 Å². The molecule has 19 heavy (non-hydrogen) atoms. The standard InChI is InChI=1S/C14H20N4O/c1-10-8-18-7-5-6-11(12(18)16-10)17-13(19)15-9-14(2,3)4/h5-8H,9H2,1-4H3,(H2,15,17,19). The van der Waals surface area contributed by atoms with Gasteiger partial charge in [0.15, 0.2) is 5.65 Å². The molecule has 2 aromatic heterocycles. The first kappa shape index (κ1) is 13.4. The molecule has 2 amide bonds. The summed E-state index contributed by atoms with van der Waals surface area (Å²) in [7, 11) is 0. The number of nitrogens with zero attached hydrogens (tertiary/aromatic N) is 2. The number of imidazole rings is 1. The minimum absolute atomic E-state index is 0.0627. The molecule has 5 heteroatoms. The van der Waals surface area contributed by atoms with Gasteiger partial charge in [0.2, 0.25) is 0 Å². The van der Waals surface area contributed by atoms with E-state index in [1.54, 1.807) is 0 Å². The Balaban J connectivity index is 2.11. The van der Waals surface area contributed by atoms with Crippen molar-refractivity contribution >= 4 is 17.4 Å². The van der Waals surface area contributed by atoms with Crippen LogP contribution in [0.2, 0.25) is 0 Å². The number of rotatable bonds is 2. The Labute approximate surface area is 113 Å². The first-order valence-corrected chi connectivity index (χ1v) is 6.34. The van der Waals surface area contributed by atoms with Crippen molar-refractivity contribution in [2.45, 2.75) is 27.7 Å². The molecular formula is C14H20N4O. The van der Waals surface area contributed by atoms with Crippen LogP contribution in [0.4, 0.5) is 10.5 Å². The van der Waals surface area contributed by atoms with Crippen LogP contribution in [0.5, 0.6) is 0 Å². The Bertz CT molecular complexity index is 595. The molecule has 0 aromatic carbocycles. The van der Waals surface area contributed by atoms with Gasteiger partial charge in [-0.15, -0.1) is 0 Å². The van der Waals surface area contributed by atoms with Crippen LogP contribution in [0.25, 0.3) is 5.65 Å².